The average Bonchev–Trinajstić information content (AvgIpc) is 4.02. The zero-order valence-corrected chi connectivity index (χ0v) is 48.4. The topological polar surface area (TPSA) is 117 Å². The number of rotatable bonds is 31. The third kappa shape index (κ3) is 24.7. The Bertz CT molecular complexity index is 2270. The molecule has 0 aromatic heterocycles. The van der Waals surface area contributed by atoms with Crippen LogP contribution in [0, 0.1) is 6.92 Å². The zero-order valence-electron chi connectivity index (χ0n) is 47.6. The Kier molecular flexibility index (Phi) is 33.1. The van der Waals surface area contributed by atoms with Crippen LogP contribution < -0.4 is 0 Å². The summed E-state index contributed by atoms with van der Waals surface area (Å²) in [6.07, 6.45) is 13.9. The molecule has 0 spiro atoms. The van der Waals surface area contributed by atoms with E-state index in [1.54, 1.807) is 0 Å². The largest absolute Gasteiger partial charge is 0.379 e. The van der Waals surface area contributed by atoms with Crippen molar-refractivity contribution >= 4 is 10.1 Å². The van der Waals surface area contributed by atoms with Crippen molar-refractivity contribution in [2.75, 3.05) is 78.4 Å². The maximum absolute atomic E-state index is 12.2. The van der Waals surface area contributed by atoms with Gasteiger partial charge in [0.1, 0.15) is 0 Å². The highest BCUT2D eigenvalue weighted by atomic mass is 32.2. The van der Waals surface area contributed by atoms with Crippen LogP contribution in [0.3, 0.4) is 0 Å². The lowest BCUT2D eigenvalue weighted by molar-refractivity contribution is -0.281. The second kappa shape index (κ2) is 39.1. The molecule has 12 heteroatoms. The van der Waals surface area contributed by atoms with Crippen molar-refractivity contribution in [3.63, 3.8) is 0 Å². The molecule has 2 aliphatic rings. The van der Waals surface area contributed by atoms with Crippen LogP contribution in [0.2, 0.25) is 0 Å². The molecular formula is C65H94O11S. The lowest BCUT2D eigenvalue weighted by Gasteiger charge is -2.37. The summed E-state index contributed by atoms with van der Waals surface area (Å²) in [4.78, 5) is 0. The minimum Gasteiger partial charge on any atom is -0.379 e. The van der Waals surface area contributed by atoms with E-state index in [2.05, 4.69) is 69.3 Å². The summed E-state index contributed by atoms with van der Waals surface area (Å²) >= 11 is 0. The van der Waals surface area contributed by atoms with Gasteiger partial charge in [0.25, 0.3) is 10.1 Å². The van der Waals surface area contributed by atoms with E-state index in [1.165, 1.54) is 56.1 Å². The van der Waals surface area contributed by atoms with Crippen molar-refractivity contribution in [2.45, 2.75) is 149 Å². The Hall–Kier alpha value is -4.31. The highest BCUT2D eigenvalue weighted by molar-refractivity contribution is 7.86. The van der Waals surface area contributed by atoms with Crippen molar-refractivity contribution in [1.29, 1.82) is 0 Å². The van der Waals surface area contributed by atoms with Crippen LogP contribution in [0.4, 0.5) is 0 Å². The standard InChI is InChI=1S/C24H40O5S.C18H22O2.C14H22O2.C9H10O2/c1-2-3-4-5-6-7-8-9-10-14-22-30(25,26)29-21-18-24(27-19-15-20-28-24)23-16-12-11-13-17-23;1-4-19-18(20-5-2,16-9-7-6-8-10-16)17-13-11-15(3)12-14-17;1-3-13(12-16-11-10-15-4-2)14-8-6-5-7-9-14;1-2-4-8(5-3-1)9-10-6-7-11-9/h11-13,16-17H,2-10,14-15,18-22H2,1H3;6-14H,4-5H2,1-3H3;5-9,13H,3-4,10-12H2,1-2H3;1-5,9H,6-7H2. The van der Waals surface area contributed by atoms with Gasteiger partial charge in [0.05, 0.1) is 58.6 Å². The van der Waals surface area contributed by atoms with E-state index < -0.39 is 21.7 Å². The van der Waals surface area contributed by atoms with Gasteiger partial charge in [-0.15, -0.1) is 0 Å². The van der Waals surface area contributed by atoms with E-state index in [9.17, 15) is 8.42 Å². The van der Waals surface area contributed by atoms with Gasteiger partial charge in [-0.3, -0.25) is 4.18 Å². The molecule has 77 heavy (non-hydrogen) atoms. The molecule has 5 aromatic carbocycles. The fourth-order valence-electron chi connectivity index (χ4n) is 9.05. The molecule has 426 valence electrons. The molecule has 1 unspecified atom stereocenters. The van der Waals surface area contributed by atoms with E-state index >= 15 is 0 Å². The molecule has 5 aromatic rings. The lowest BCUT2D eigenvalue weighted by atomic mass is 9.96. The van der Waals surface area contributed by atoms with Crippen LogP contribution in [-0.2, 0) is 63.8 Å². The highest BCUT2D eigenvalue weighted by Gasteiger charge is 2.38. The van der Waals surface area contributed by atoms with Gasteiger partial charge < -0.3 is 37.9 Å². The van der Waals surface area contributed by atoms with Crippen LogP contribution >= 0.6 is 0 Å². The zero-order chi connectivity index (χ0) is 55.1. The number of ether oxygens (including phenoxy) is 8. The second-order valence-electron chi connectivity index (χ2n) is 19.2. The summed E-state index contributed by atoms with van der Waals surface area (Å²) in [7, 11) is -3.51. The molecule has 0 saturated carbocycles. The number of hydrogen-bond acceptors (Lipinski definition) is 11. The van der Waals surface area contributed by atoms with E-state index in [4.69, 9.17) is 42.1 Å². The number of aryl methyl sites for hydroxylation is 1. The Balaban J connectivity index is 0.000000236. The SMILES string of the molecule is CCCCCCCCCCCCS(=O)(=O)OCCC1(c2ccccc2)OCCCO1.CCOC(OCC)(c1ccccc1)c1ccc(C)cc1.CCOCCOCC(CC)c1ccccc1.c1ccc(C2OCCO2)cc1. The van der Waals surface area contributed by atoms with Gasteiger partial charge >= 0.3 is 0 Å². The predicted octanol–water partition coefficient (Wildman–Crippen LogP) is 15.2. The number of hydrogen-bond donors (Lipinski definition) is 0. The Morgan fingerprint density at radius 2 is 1.06 bits per heavy atom. The molecule has 0 N–H and O–H groups in total. The maximum Gasteiger partial charge on any atom is 0.267 e. The molecular weight excluding hydrogens is 989 g/mol. The Labute approximate surface area is 464 Å². The van der Waals surface area contributed by atoms with E-state index in [0.717, 1.165) is 61.2 Å². The van der Waals surface area contributed by atoms with Gasteiger partial charge in [-0.25, -0.2) is 0 Å². The third-order valence-corrected chi connectivity index (χ3v) is 14.6. The molecule has 0 bridgehead atoms. The summed E-state index contributed by atoms with van der Waals surface area (Å²) < 4.78 is 75.2. The molecule has 1 atom stereocenters. The van der Waals surface area contributed by atoms with Crippen LogP contribution in [0.15, 0.2) is 146 Å². The van der Waals surface area contributed by atoms with Crippen molar-refractivity contribution in [2.24, 2.45) is 0 Å². The highest BCUT2D eigenvalue weighted by Crippen LogP contribution is 2.36. The van der Waals surface area contributed by atoms with Gasteiger partial charge in [-0.1, -0.05) is 223 Å². The minimum atomic E-state index is -3.51. The predicted molar refractivity (Wildman–Crippen MR) is 310 cm³/mol. The Morgan fingerprint density at radius 1 is 0.558 bits per heavy atom. The first kappa shape index (κ1) is 65.2. The molecule has 7 rings (SSSR count). The summed E-state index contributed by atoms with van der Waals surface area (Å²) in [5, 5.41) is 0. The fraction of sp³-hybridized carbons (Fsp3) is 0.538. The van der Waals surface area contributed by atoms with Crippen LogP contribution in [0.5, 0.6) is 0 Å². The number of benzene rings is 5. The summed E-state index contributed by atoms with van der Waals surface area (Å²) in [6, 6.07) is 48.7. The quantitative estimate of drug-likeness (QED) is 0.0240. The van der Waals surface area contributed by atoms with Crippen molar-refractivity contribution in [3.05, 3.63) is 179 Å². The molecule has 2 heterocycles. The van der Waals surface area contributed by atoms with Gasteiger partial charge in [0.15, 0.2) is 12.1 Å². The summed E-state index contributed by atoms with van der Waals surface area (Å²) in [5.41, 5.74) is 6.64. The van der Waals surface area contributed by atoms with Crippen LogP contribution in [-0.4, -0.2) is 86.8 Å². The molecule has 0 amide bonds. The first-order chi connectivity index (χ1) is 37.7. The maximum atomic E-state index is 12.2. The van der Waals surface area contributed by atoms with E-state index in [1.807, 2.05) is 118 Å². The first-order valence-corrected chi connectivity index (χ1v) is 30.3. The second-order valence-corrected chi connectivity index (χ2v) is 20.9. The van der Waals surface area contributed by atoms with Gasteiger partial charge in [0, 0.05) is 54.4 Å². The summed E-state index contributed by atoms with van der Waals surface area (Å²) in [5.74, 6) is -1.14. The number of unbranched alkanes of at least 4 members (excludes halogenated alkanes) is 9. The van der Waals surface area contributed by atoms with Crippen LogP contribution in [0.1, 0.15) is 164 Å². The molecule has 0 radical (unpaired) electrons. The van der Waals surface area contributed by atoms with Crippen molar-refractivity contribution in [1.82, 2.24) is 0 Å². The van der Waals surface area contributed by atoms with Crippen molar-refractivity contribution in [3.8, 4) is 0 Å². The van der Waals surface area contributed by atoms with Crippen molar-refractivity contribution < 1.29 is 50.5 Å². The summed E-state index contributed by atoms with van der Waals surface area (Å²) in [6.45, 7) is 19.3. The average molecular weight is 1080 g/mol. The minimum absolute atomic E-state index is 0.0645. The molecule has 2 saturated heterocycles. The third-order valence-electron chi connectivity index (χ3n) is 13.2. The fourth-order valence-corrected chi connectivity index (χ4v) is 10.1. The molecule has 11 nitrogen and oxygen atoms in total. The Morgan fingerprint density at radius 3 is 1.61 bits per heavy atom. The molecule has 2 aliphatic heterocycles. The first-order valence-electron chi connectivity index (χ1n) is 28.7. The monoisotopic (exact) mass is 1080 g/mol. The normalized spacial score (nSPS) is 14.8. The van der Waals surface area contributed by atoms with E-state index in [0.29, 0.717) is 71.6 Å². The van der Waals surface area contributed by atoms with Gasteiger partial charge in [-0.05, 0) is 52.5 Å². The van der Waals surface area contributed by atoms with Crippen LogP contribution in [0.25, 0.3) is 0 Å². The molecule has 0 aliphatic carbocycles. The van der Waals surface area contributed by atoms with E-state index in [-0.39, 0.29) is 18.6 Å². The lowest BCUT2D eigenvalue weighted by Crippen LogP contribution is -2.39. The smallest absolute Gasteiger partial charge is 0.267 e. The van der Waals surface area contributed by atoms with Gasteiger partial charge in [-0.2, -0.15) is 8.42 Å². The van der Waals surface area contributed by atoms with Gasteiger partial charge in [0.2, 0.25) is 5.79 Å². The molecule has 2 fully saturated rings.